The number of benzene rings is 2. The lowest BCUT2D eigenvalue weighted by atomic mass is 10.2. The summed E-state index contributed by atoms with van der Waals surface area (Å²) >= 11 is 0. The Bertz CT molecular complexity index is 657. The van der Waals surface area contributed by atoms with E-state index in [1.165, 1.54) is 0 Å². The van der Waals surface area contributed by atoms with E-state index in [9.17, 15) is 0 Å². The fourth-order valence-corrected chi connectivity index (χ4v) is 2.35. The van der Waals surface area contributed by atoms with E-state index < -0.39 is 0 Å². The Hall–Kier alpha value is -2.56. The average molecular weight is 301 g/mol. The van der Waals surface area contributed by atoms with Crippen LogP contribution in [0.5, 0.6) is 23.0 Å². The van der Waals surface area contributed by atoms with Crippen LogP contribution in [0.2, 0.25) is 0 Å². The van der Waals surface area contributed by atoms with E-state index in [2.05, 4.69) is 5.32 Å². The van der Waals surface area contributed by atoms with Crippen molar-refractivity contribution in [2.75, 3.05) is 32.8 Å². The largest absolute Gasteiger partial charge is 0.497 e. The highest BCUT2D eigenvalue weighted by Crippen LogP contribution is 2.33. The Morgan fingerprint density at radius 3 is 2.55 bits per heavy atom. The lowest BCUT2D eigenvalue weighted by molar-refractivity contribution is 0.171. The van der Waals surface area contributed by atoms with Gasteiger partial charge in [-0.2, -0.15) is 0 Å². The number of ether oxygens (including phenoxy) is 4. The minimum atomic E-state index is 0.586. The molecule has 0 amide bonds. The first-order chi connectivity index (χ1) is 10.8. The Kier molecular flexibility index (Phi) is 4.23. The highest BCUT2D eigenvalue weighted by Gasteiger charge is 2.12. The summed E-state index contributed by atoms with van der Waals surface area (Å²) in [6, 6.07) is 11.6. The van der Waals surface area contributed by atoms with E-state index in [1.54, 1.807) is 14.2 Å². The van der Waals surface area contributed by atoms with Crippen LogP contribution < -0.4 is 24.3 Å². The van der Waals surface area contributed by atoms with Gasteiger partial charge in [-0.05, 0) is 24.3 Å². The van der Waals surface area contributed by atoms with Crippen LogP contribution in [0.25, 0.3) is 0 Å². The molecule has 0 aromatic heterocycles. The SMILES string of the molecule is COc1ccc(CNc2ccc3c(c2)OCCO3)c(OC)c1. The van der Waals surface area contributed by atoms with Crippen molar-refractivity contribution in [2.45, 2.75) is 6.54 Å². The number of methoxy groups -OCH3 is 2. The molecular weight excluding hydrogens is 282 g/mol. The first-order valence-electron chi connectivity index (χ1n) is 7.14. The van der Waals surface area contributed by atoms with Crippen molar-refractivity contribution >= 4 is 5.69 Å². The number of nitrogens with one attached hydrogen (secondary N) is 1. The zero-order valence-corrected chi connectivity index (χ0v) is 12.7. The molecule has 1 N–H and O–H groups in total. The maximum atomic E-state index is 5.59. The summed E-state index contributed by atoms with van der Waals surface area (Å²) in [5.41, 5.74) is 2.03. The van der Waals surface area contributed by atoms with Gasteiger partial charge in [0.2, 0.25) is 0 Å². The minimum Gasteiger partial charge on any atom is -0.497 e. The topological polar surface area (TPSA) is 49.0 Å². The number of fused-ring (bicyclic) bond motifs is 1. The van der Waals surface area contributed by atoms with Crippen LogP contribution in [0.3, 0.4) is 0 Å². The molecule has 0 bridgehead atoms. The van der Waals surface area contributed by atoms with Gasteiger partial charge in [0.1, 0.15) is 24.7 Å². The molecule has 0 unspecified atom stereocenters. The fourth-order valence-electron chi connectivity index (χ4n) is 2.35. The first kappa shape index (κ1) is 14.4. The molecule has 1 aliphatic rings. The molecule has 22 heavy (non-hydrogen) atoms. The van der Waals surface area contributed by atoms with Gasteiger partial charge in [0.15, 0.2) is 11.5 Å². The van der Waals surface area contributed by atoms with Crippen molar-refractivity contribution in [3.63, 3.8) is 0 Å². The molecule has 0 fully saturated rings. The van der Waals surface area contributed by atoms with E-state index in [4.69, 9.17) is 18.9 Å². The first-order valence-corrected chi connectivity index (χ1v) is 7.14. The van der Waals surface area contributed by atoms with Crippen molar-refractivity contribution in [3.05, 3.63) is 42.0 Å². The molecule has 5 heteroatoms. The Balaban J connectivity index is 1.72. The smallest absolute Gasteiger partial charge is 0.163 e. The monoisotopic (exact) mass is 301 g/mol. The maximum absolute atomic E-state index is 5.59. The van der Waals surface area contributed by atoms with Crippen LogP contribution in [0, 0.1) is 0 Å². The molecule has 0 aliphatic carbocycles. The fraction of sp³-hybridized carbons (Fsp3) is 0.294. The standard InChI is InChI=1S/C17H19NO4/c1-19-14-5-3-12(16(10-14)20-2)11-18-13-4-6-15-17(9-13)22-8-7-21-15/h3-6,9-10,18H,7-8,11H2,1-2H3. The molecule has 1 heterocycles. The van der Waals surface area contributed by atoms with Crippen LogP contribution in [-0.2, 0) is 6.54 Å². The zero-order chi connectivity index (χ0) is 15.4. The third kappa shape index (κ3) is 3.03. The summed E-state index contributed by atoms with van der Waals surface area (Å²) in [6.45, 7) is 1.83. The highest BCUT2D eigenvalue weighted by atomic mass is 16.6. The third-order valence-corrected chi connectivity index (χ3v) is 3.52. The van der Waals surface area contributed by atoms with E-state index >= 15 is 0 Å². The summed E-state index contributed by atoms with van der Waals surface area (Å²) < 4.78 is 21.7. The second-order valence-corrected chi connectivity index (χ2v) is 4.89. The normalized spacial score (nSPS) is 12.6. The molecular formula is C17H19NO4. The van der Waals surface area contributed by atoms with Crippen LogP contribution in [-0.4, -0.2) is 27.4 Å². The van der Waals surface area contributed by atoms with Crippen LogP contribution in [0.15, 0.2) is 36.4 Å². The van der Waals surface area contributed by atoms with Crippen LogP contribution in [0.4, 0.5) is 5.69 Å². The molecule has 0 atom stereocenters. The van der Waals surface area contributed by atoms with Gasteiger partial charge in [0.25, 0.3) is 0 Å². The van der Waals surface area contributed by atoms with E-state index in [-0.39, 0.29) is 0 Å². The molecule has 2 aromatic carbocycles. The Morgan fingerprint density at radius 2 is 1.77 bits per heavy atom. The molecule has 5 nitrogen and oxygen atoms in total. The Labute approximate surface area is 129 Å². The number of anilines is 1. The highest BCUT2D eigenvalue weighted by molar-refractivity contribution is 5.56. The van der Waals surface area contributed by atoms with Crippen molar-refractivity contribution in [1.82, 2.24) is 0 Å². The van der Waals surface area contributed by atoms with Gasteiger partial charge >= 0.3 is 0 Å². The molecule has 0 spiro atoms. The molecule has 0 saturated carbocycles. The van der Waals surface area contributed by atoms with Gasteiger partial charge < -0.3 is 24.3 Å². The maximum Gasteiger partial charge on any atom is 0.163 e. The molecule has 2 aromatic rings. The number of rotatable bonds is 5. The number of hydrogen-bond donors (Lipinski definition) is 1. The van der Waals surface area contributed by atoms with Crippen molar-refractivity contribution in [1.29, 1.82) is 0 Å². The third-order valence-electron chi connectivity index (χ3n) is 3.52. The van der Waals surface area contributed by atoms with Gasteiger partial charge in [-0.3, -0.25) is 0 Å². The molecule has 0 saturated heterocycles. The van der Waals surface area contributed by atoms with Gasteiger partial charge in [-0.1, -0.05) is 0 Å². The van der Waals surface area contributed by atoms with E-state index in [1.807, 2.05) is 36.4 Å². The van der Waals surface area contributed by atoms with Gasteiger partial charge in [0.05, 0.1) is 14.2 Å². The zero-order valence-electron chi connectivity index (χ0n) is 12.7. The van der Waals surface area contributed by atoms with Crippen molar-refractivity contribution in [2.24, 2.45) is 0 Å². The lowest BCUT2D eigenvalue weighted by Crippen LogP contribution is -2.15. The van der Waals surface area contributed by atoms with Crippen molar-refractivity contribution < 1.29 is 18.9 Å². The predicted molar refractivity (Wildman–Crippen MR) is 84.3 cm³/mol. The summed E-state index contributed by atoms with van der Waals surface area (Å²) in [6.07, 6.45) is 0. The molecule has 0 radical (unpaired) electrons. The molecule has 3 rings (SSSR count). The van der Waals surface area contributed by atoms with Crippen molar-refractivity contribution in [3.8, 4) is 23.0 Å². The van der Waals surface area contributed by atoms with Gasteiger partial charge in [-0.25, -0.2) is 0 Å². The predicted octanol–water partition coefficient (Wildman–Crippen LogP) is 3.09. The molecule has 1 aliphatic heterocycles. The summed E-state index contributed by atoms with van der Waals surface area (Å²) in [5, 5.41) is 3.37. The second kappa shape index (κ2) is 6.47. The Morgan fingerprint density at radius 1 is 0.955 bits per heavy atom. The summed E-state index contributed by atoms with van der Waals surface area (Å²) in [4.78, 5) is 0. The summed E-state index contributed by atoms with van der Waals surface area (Å²) in [5.74, 6) is 3.14. The molecule has 116 valence electrons. The lowest BCUT2D eigenvalue weighted by Gasteiger charge is -2.19. The average Bonchev–Trinajstić information content (AvgIpc) is 2.59. The minimum absolute atomic E-state index is 0.586. The van der Waals surface area contributed by atoms with Gasteiger partial charge in [-0.15, -0.1) is 0 Å². The van der Waals surface area contributed by atoms with Crippen LogP contribution in [0.1, 0.15) is 5.56 Å². The van der Waals surface area contributed by atoms with E-state index in [0.717, 1.165) is 34.2 Å². The summed E-state index contributed by atoms with van der Waals surface area (Å²) in [7, 11) is 3.30. The van der Waals surface area contributed by atoms with Gasteiger partial charge in [0, 0.05) is 29.9 Å². The quantitative estimate of drug-likeness (QED) is 0.919. The second-order valence-electron chi connectivity index (χ2n) is 4.89. The van der Waals surface area contributed by atoms with E-state index in [0.29, 0.717) is 19.8 Å². The van der Waals surface area contributed by atoms with Crippen LogP contribution >= 0.6 is 0 Å². The number of hydrogen-bond acceptors (Lipinski definition) is 5.